The third-order valence-corrected chi connectivity index (χ3v) is 3.97. The molecule has 2 aromatic carbocycles. The maximum Gasteiger partial charge on any atom is 0.344 e. The van der Waals surface area contributed by atoms with Crippen molar-refractivity contribution in [2.24, 2.45) is 5.92 Å². The van der Waals surface area contributed by atoms with E-state index in [1.807, 2.05) is 18.2 Å². The molecule has 3 rings (SSSR count). The molecule has 1 aromatic heterocycles. The lowest BCUT2D eigenvalue weighted by Crippen LogP contribution is -2.07. The molecule has 0 radical (unpaired) electrons. The van der Waals surface area contributed by atoms with E-state index in [-0.39, 0.29) is 5.91 Å². The number of nitrogens with one attached hydrogen (secondary N) is 1. The molecule has 0 aliphatic heterocycles. The van der Waals surface area contributed by atoms with Crippen LogP contribution in [0.1, 0.15) is 27.2 Å². The molecule has 0 bridgehead atoms. The molecule has 0 spiro atoms. The molecule has 1 amide bonds. The van der Waals surface area contributed by atoms with E-state index in [1.165, 1.54) is 6.92 Å². The molecular weight excluding hydrogens is 318 g/mol. The van der Waals surface area contributed by atoms with Crippen molar-refractivity contribution in [1.29, 1.82) is 0 Å². The first-order valence-electron chi connectivity index (χ1n) is 8.35. The summed E-state index contributed by atoms with van der Waals surface area (Å²) in [4.78, 5) is 23.5. The number of fused-ring (bicyclic) bond motifs is 3. The molecule has 130 valence electrons. The number of ether oxygens (including phenoxy) is 1. The Bertz CT molecular complexity index is 988. The minimum absolute atomic E-state index is 0.187. The van der Waals surface area contributed by atoms with E-state index in [9.17, 15) is 9.59 Å². The van der Waals surface area contributed by atoms with Gasteiger partial charge in [0.25, 0.3) is 0 Å². The molecule has 0 aliphatic rings. The van der Waals surface area contributed by atoms with Crippen LogP contribution in [0.25, 0.3) is 21.7 Å². The van der Waals surface area contributed by atoms with Crippen molar-refractivity contribution in [3.63, 3.8) is 0 Å². The number of hydrogen-bond acceptors (Lipinski definition) is 4. The molecule has 0 atom stereocenters. The van der Waals surface area contributed by atoms with E-state index in [0.29, 0.717) is 34.9 Å². The van der Waals surface area contributed by atoms with Crippen molar-refractivity contribution >= 4 is 33.3 Å². The first kappa shape index (κ1) is 17.0. The van der Waals surface area contributed by atoms with Gasteiger partial charge in [0.15, 0.2) is 0 Å². The Kier molecular flexibility index (Phi) is 4.74. The maximum absolute atomic E-state index is 12.3. The maximum atomic E-state index is 12.3. The summed E-state index contributed by atoms with van der Waals surface area (Å²) in [6.07, 6.45) is 0.964. The van der Waals surface area contributed by atoms with Gasteiger partial charge >= 0.3 is 5.63 Å². The highest BCUT2D eigenvalue weighted by atomic mass is 16.5. The molecule has 25 heavy (non-hydrogen) atoms. The number of benzene rings is 2. The molecule has 0 aliphatic carbocycles. The van der Waals surface area contributed by atoms with Crippen molar-refractivity contribution in [3.05, 3.63) is 46.8 Å². The van der Waals surface area contributed by atoms with Gasteiger partial charge < -0.3 is 14.5 Å². The summed E-state index contributed by atoms with van der Waals surface area (Å²) in [5.74, 6) is 1.07. The van der Waals surface area contributed by atoms with Crippen LogP contribution in [0.4, 0.5) is 5.69 Å². The highest BCUT2D eigenvalue weighted by Gasteiger charge is 2.10. The quantitative estimate of drug-likeness (QED) is 0.555. The summed E-state index contributed by atoms with van der Waals surface area (Å²) in [6.45, 7) is 6.34. The van der Waals surface area contributed by atoms with E-state index in [1.54, 1.807) is 18.2 Å². The van der Waals surface area contributed by atoms with E-state index in [0.717, 1.165) is 17.2 Å². The number of rotatable bonds is 5. The van der Waals surface area contributed by atoms with Gasteiger partial charge in [0.05, 0.1) is 12.0 Å². The molecule has 0 unspecified atom stereocenters. The molecule has 3 aromatic rings. The third-order valence-electron chi connectivity index (χ3n) is 3.97. The SMILES string of the molecule is CC(=O)Nc1ccc2c(c1)c(=O)oc1cc(OCCC(C)C)ccc12. The van der Waals surface area contributed by atoms with Crippen LogP contribution >= 0.6 is 0 Å². The Balaban J connectivity index is 2.01. The van der Waals surface area contributed by atoms with Crippen molar-refractivity contribution in [2.45, 2.75) is 27.2 Å². The van der Waals surface area contributed by atoms with Gasteiger partial charge in [-0.2, -0.15) is 0 Å². The molecule has 0 saturated heterocycles. The Morgan fingerprint density at radius 3 is 2.60 bits per heavy atom. The first-order chi connectivity index (χ1) is 11.9. The van der Waals surface area contributed by atoms with Crippen molar-refractivity contribution in [1.82, 2.24) is 0 Å². The molecule has 5 heteroatoms. The summed E-state index contributed by atoms with van der Waals surface area (Å²) in [7, 11) is 0. The highest BCUT2D eigenvalue weighted by molar-refractivity contribution is 6.06. The fourth-order valence-electron chi connectivity index (χ4n) is 2.70. The van der Waals surface area contributed by atoms with Gasteiger partial charge in [-0.05, 0) is 36.6 Å². The lowest BCUT2D eigenvalue weighted by atomic mass is 10.1. The van der Waals surface area contributed by atoms with Crippen LogP contribution in [0.3, 0.4) is 0 Å². The normalized spacial score (nSPS) is 11.2. The van der Waals surface area contributed by atoms with Crippen LogP contribution < -0.4 is 15.7 Å². The fraction of sp³-hybridized carbons (Fsp3) is 0.300. The molecule has 1 N–H and O–H groups in total. The Morgan fingerprint density at radius 1 is 1.12 bits per heavy atom. The van der Waals surface area contributed by atoms with E-state index in [2.05, 4.69) is 19.2 Å². The molecule has 5 nitrogen and oxygen atoms in total. The fourth-order valence-corrected chi connectivity index (χ4v) is 2.70. The number of anilines is 1. The number of hydrogen-bond donors (Lipinski definition) is 1. The van der Waals surface area contributed by atoms with Crippen molar-refractivity contribution in [3.8, 4) is 5.75 Å². The highest BCUT2D eigenvalue weighted by Crippen LogP contribution is 2.28. The summed E-state index contributed by atoms with van der Waals surface area (Å²) in [6, 6.07) is 10.7. The Morgan fingerprint density at radius 2 is 1.88 bits per heavy atom. The predicted octanol–water partition coefficient (Wildman–Crippen LogP) is 4.33. The lowest BCUT2D eigenvalue weighted by Gasteiger charge is -2.10. The molecule has 0 fully saturated rings. The monoisotopic (exact) mass is 339 g/mol. The zero-order valence-electron chi connectivity index (χ0n) is 14.6. The third kappa shape index (κ3) is 3.82. The van der Waals surface area contributed by atoms with Gasteiger partial charge in [-0.3, -0.25) is 4.79 Å². The topological polar surface area (TPSA) is 68.5 Å². The summed E-state index contributed by atoms with van der Waals surface area (Å²) >= 11 is 0. The predicted molar refractivity (Wildman–Crippen MR) is 99.2 cm³/mol. The largest absolute Gasteiger partial charge is 0.493 e. The lowest BCUT2D eigenvalue weighted by molar-refractivity contribution is -0.114. The Labute approximate surface area is 145 Å². The van der Waals surface area contributed by atoms with Crippen molar-refractivity contribution in [2.75, 3.05) is 11.9 Å². The van der Waals surface area contributed by atoms with Crippen LogP contribution in [-0.4, -0.2) is 12.5 Å². The number of carbonyl (C=O) groups excluding carboxylic acids is 1. The number of carbonyl (C=O) groups is 1. The van der Waals surface area contributed by atoms with Gasteiger partial charge in [0, 0.05) is 29.4 Å². The van der Waals surface area contributed by atoms with Crippen LogP contribution in [0.2, 0.25) is 0 Å². The van der Waals surface area contributed by atoms with Gasteiger partial charge in [-0.1, -0.05) is 19.9 Å². The average Bonchev–Trinajstić information content (AvgIpc) is 2.54. The smallest absolute Gasteiger partial charge is 0.344 e. The minimum Gasteiger partial charge on any atom is -0.493 e. The Hall–Kier alpha value is -2.82. The standard InChI is InChI=1S/C20H21NO4/c1-12(2)8-9-24-15-5-7-17-16-6-4-14(21-13(3)22)10-18(16)20(23)25-19(17)11-15/h4-7,10-12H,8-9H2,1-3H3,(H,21,22). The second kappa shape index (κ2) is 6.97. The van der Waals surface area contributed by atoms with Crippen LogP contribution in [-0.2, 0) is 4.79 Å². The molecule has 0 saturated carbocycles. The van der Waals surface area contributed by atoms with Gasteiger partial charge in [0.1, 0.15) is 11.3 Å². The molecular formula is C20H21NO4. The summed E-state index contributed by atoms with van der Waals surface area (Å²) in [5, 5.41) is 4.73. The number of amides is 1. The average molecular weight is 339 g/mol. The second-order valence-electron chi connectivity index (χ2n) is 6.52. The summed E-state index contributed by atoms with van der Waals surface area (Å²) < 4.78 is 11.2. The molecule has 1 heterocycles. The van der Waals surface area contributed by atoms with Gasteiger partial charge in [0.2, 0.25) is 5.91 Å². The zero-order valence-corrected chi connectivity index (χ0v) is 14.6. The van der Waals surface area contributed by atoms with Gasteiger partial charge in [-0.15, -0.1) is 0 Å². The van der Waals surface area contributed by atoms with Crippen LogP contribution in [0.15, 0.2) is 45.6 Å². The summed E-state index contributed by atoms with van der Waals surface area (Å²) in [5.41, 5.74) is 0.626. The van der Waals surface area contributed by atoms with Crippen molar-refractivity contribution < 1.29 is 13.9 Å². The zero-order chi connectivity index (χ0) is 18.0. The second-order valence-corrected chi connectivity index (χ2v) is 6.52. The van der Waals surface area contributed by atoms with E-state index < -0.39 is 5.63 Å². The van der Waals surface area contributed by atoms with E-state index in [4.69, 9.17) is 9.15 Å². The van der Waals surface area contributed by atoms with Crippen LogP contribution in [0, 0.1) is 5.92 Å². The first-order valence-corrected chi connectivity index (χ1v) is 8.35. The minimum atomic E-state index is -0.436. The van der Waals surface area contributed by atoms with E-state index >= 15 is 0 Å². The van der Waals surface area contributed by atoms with Crippen LogP contribution in [0.5, 0.6) is 5.75 Å². The van der Waals surface area contributed by atoms with Gasteiger partial charge in [-0.25, -0.2) is 4.79 Å².